The Labute approximate surface area is 61.8 Å². The van der Waals surface area contributed by atoms with Crippen LogP contribution < -0.4 is 0 Å². The summed E-state index contributed by atoms with van der Waals surface area (Å²) in [6.45, 7) is 4.60. The highest BCUT2D eigenvalue weighted by molar-refractivity contribution is 7.99. The zero-order chi connectivity index (χ0) is 6.85. The van der Waals surface area contributed by atoms with Crippen LogP contribution in [0.2, 0.25) is 0 Å². The second-order valence-corrected chi connectivity index (χ2v) is 4.07. The topological polar surface area (TPSA) is 3.24 Å². The predicted octanol–water partition coefficient (Wildman–Crippen LogP) is 1.65. The number of hydrogen-bond donors (Lipinski definition) is 0. The Kier molecular flexibility index (Phi) is 2.42. The molecule has 2 heteroatoms. The van der Waals surface area contributed by atoms with Crippen LogP contribution in [0.15, 0.2) is 0 Å². The van der Waals surface area contributed by atoms with Gasteiger partial charge in [-0.25, -0.2) is 0 Å². The minimum absolute atomic E-state index is 0.824. The average molecular weight is 145 g/mol. The van der Waals surface area contributed by atoms with Crippen molar-refractivity contribution >= 4 is 11.8 Å². The molecular formula is C7H15NS. The molecule has 1 aliphatic rings. The van der Waals surface area contributed by atoms with Crippen LogP contribution in [0.5, 0.6) is 0 Å². The van der Waals surface area contributed by atoms with Crippen LogP contribution in [0.4, 0.5) is 0 Å². The molecule has 1 atom stereocenters. The molecule has 0 aliphatic carbocycles. The van der Waals surface area contributed by atoms with Crippen LogP contribution in [0, 0.1) is 5.92 Å². The lowest BCUT2D eigenvalue weighted by Gasteiger charge is -2.21. The minimum Gasteiger partial charge on any atom is -0.293 e. The van der Waals surface area contributed by atoms with Crippen LogP contribution >= 0.6 is 11.8 Å². The summed E-state index contributed by atoms with van der Waals surface area (Å²) >= 11 is 2.04. The van der Waals surface area contributed by atoms with E-state index in [9.17, 15) is 0 Å². The van der Waals surface area contributed by atoms with Gasteiger partial charge in [0.2, 0.25) is 0 Å². The zero-order valence-electron chi connectivity index (χ0n) is 6.42. The van der Waals surface area contributed by atoms with Crippen molar-refractivity contribution in [2.75, 3.05) is 18.7 Å². The van der Waals surface area contributed by atoms with E-state index >= 15 is 0 Å². The van der Waals surface area contributed by atoms with Gasteiger partial charge in [-0.2, -0.15) is 0 Å². The monoisotopic (exact) mass is 145 g/mol. The Morgan fingerprint density at radius 1 is 1.56 bits per heavy atom. The summed E-state index contributed by atoms with van der Waals surface area (Å²) in [5.41, 5.74) is 0. The summed E-state index contributed by atoms with van der Waals surface area (Å²) in [6.07, 6.45) is 0. The molecule has 1 fully saturated rings. The normalized spacial score (nSPS) is 30.0. The van der Waals surface area contributed by atoms with Gasteiger partial charge in [0, 0.05) is 17.7 Å². The van der Waals surface area contributed by atoms with Crippen molar-refractivity contribution < 1.29 is 0 Å². The molecule has 9 heavy (non-hydrogen) atoms. The smallest absolute Gasteiger partial charge is 0.0445 e. The zero-order valence-corrected chi connectivity index (χ0v) is 7.24. The lowest BCUT2D eigenvalue weighted by atomic mass is 10.1. The van der Waals surface area contributed by atoms with E-state index in [0.717, 1.165) is 12.0 Å². The molecule has 0 amide bonds. The molecule has 0 aromatic carbocycles. The molecule has 1 aliphatic heterocycles. The highest BCUT2D eigenvalue weighted by Crippen LogP contribution is 2.23. The SMILES string of the molecule is CC(C)[C@@H]1CSCN1C. The van der Waals surface area contributed by atoms with Gasteiger partial charge in [-0.05, 0) is 13.0 Å². The summed E-state index contributed by atoms with van der Waals surface area (Å²) in [7, 11) is 2.21. The minimum atomic E-state index is 0.824. The molecule has 1 rings (SSSR count). The van der Waals surface area contributed by atoms with E-state index in [1.165, 1.54) is 11.6 Å². The van der Waals surface area contributed by atoms with Gasteiger partial charge in [-0.15, -0.1) is 11.8 Å². The van der Waals surface area contributed by atoms with E-state index in [2.05, 4.69) is 25.8 Å². The van der Waals surface area contributed by atoms with E-state index in [-0.39, 0.29) is 0 Å². The van der Waals surface area contributed by atoms with Gasteiger partial charge >= 0.3 is 0 Å². The van der Waals surface area contributed by atoms with Crippen molar-refractivity contribution in [3.05, 3.63) is 0 Å². The fourth-order valence-corrected chi connectivity index (χ4v) is 2.71. The molecule has 0 N–H and O–H groups in total. The molecule has 1 heterocycles. The molecule has 0 unspecified atom stereocenters. The summed E-state index contributed by atoms with van der Waals surface area (Å²) in [6, 6.07) is 0.829. The molecule has 0 saturated carbocycles. The van der Waals surface area contributed by atoms with Gasteiger partial charge in [-0.1, -0.05) is 13.8 Å². The highest BCUT2D eigenvalue weighted by atomic mass is 32.2. The molecule has 0 radical (unpaired) electrons. The first-order valence-corrected chi connectivity index (χ1v) is 4.65. The van der Waals surface area contributed by atoms with E-state index in [1.807, 2.05) is 11.8 Å². The Morgan fingerprint density at radius 3 is 2.44 bits per heavy atom. The van der Waals surface area contributed by atoms with Crippen molar-refractivity contribution in [1.29, 1.82) is 0 Å². The Balaban J connectivity index is 2.40. The van der Waals surface area contributed by atoms with E-state index < -0.39 is 0 Å². The van der Waals surface area contributed by atoms with Crippen molar-refractivity contribution in [1.82, 2.24) is 4.90 Å². The fraction of sp³-hybridized carbons (Fsp3) is 1.00. The second-order valence-electron chi connectivity index (χ2n) is 3.07. The van der Waals surface area contributed by atoms with Crippen molar-refractivity contribution in [3.63, 3.8) is 0 Å². The van der Waals surface area contributed by atoms with Gasteiger partial charge in [0.25, 0.3) is 0 Å². The molecule has 0 bridgehead atoms. The van der Waals surface area contributed by atoms with Crippen LogP contribution in [0.25, 0.3) is 0 Å². The maximum absolute atomic E-state index is 2.44. The van der Waals surface area contributed by atoms with Crippen molar-refractivity contribution in [2.45, 2.75) is 19.9 Å². The maximum Gasteiger partial charge on any atom is 0.0445 e. The second kappa shape index (κ2) is 2.93. The van der Waals surface area contributed by atoms with Gasteiger partial charge in [0.15, 0.2) is 0 Å². The number of thioether (sulfide) groups is 1. The first kappa shape index (κ1) is 7.42. The number of rotatable bonds is 1. The third kappa shape index (κ3) is 1.62. The molecule has 0 aromatic heterocycles. The van der Waals surface area contributed by atoms with Crippen LogP contribution in [0.1, 0.15) is 13.8 Å². The van der Waals surface area contributed by atoms with Gasteiger partial charge in [0.1, 0.15) is 0 Å². The van der Waals surface area contributed by atoms with E-state index in [4.69, 9.17) is 0 Å². The summed E-state index contributed by atoms with van der Waals surface area (Å²) in [5.74, 6) is 3.38. The average Bonchev–Trinajstić information content (AvgIpc) is 2.13. The van der Waals surface area contributed by atoms with Gasteiger partial charge in [-0.3, -0.25) is 4.90 Å². The van der Waals surface area contributed by atoms with Crippen molar-refractivity contribution in [3.8, 4) is 0 Å². The molecule has 54 valence electrons. The van der Waals surface area contributed by atoms with E-state index in [0.29, 0.717) is 0 Å². The largest absolute Gasteiger partial charge is 0.293 e. The van der Waals surface area contributed by atoms with E-state index in [1.54, 1.807) is 0 Å². The highest BCUT2D eigenvalue weighted by Gasteiger charge is 2.23. The lowest BCUT2D eigenvalue weighted by Crippen LogP contribution is -2.31. The standard InChI is InChI=1S/C7H15NS/c1-6(2)7-4-9-5-8(7)3/h6-7H,4-5H2,1-3H3/t7-/m0/s1. The number of nitrogens with zero attached hydrogens (tertiary/aromatic N) is 1. The van der Waals surface area contributed by atoms with Crippen LogP contribution in [0.3, 0.4) is 0 Å². The Bertz CT molecular complexity index is 92.9. The first-order valence-electron chi connectivity index (χ1n) is 3.50. The number of hydrogen-bond acceptors (Lipinski definition) is 2. The maximum atomic E-state index is 2.44. The van der Waals surface area contributed by atoms with Crippen LogP contribution in [-0.2, 0) is 0 Å². The third-order valence-electron chi connectivity index (χ3n) is 1.92. The Hall–Kier alpha value is 0.310. The lowest BCUT2D eigenvalue weighted by molar-refractivity contribution is 0.261. The predicted molar refractivity (Wildman–Crippen MR) is 43.7 cm³/mol. The molecular weight excluding hydrogens is 130 g/mol. The fourth-order valence-electron chi connectivity index (χ4n) is 1.24. The molecule has 1 saturated heterocycles. The molecule has 0 spiro atoms. The van der Waals surface area contributed by atoms with Crippen LogP contribution in [-0.4, -0.2) is 29.6 Å². The first-order chi connectivity index (χ1) is 4.22. The van der Waals surface area contributed by atoms with Gasteiger partial charge in [0.05, 0.1) is 0 Å². The summed E-state index contributed by atoms with van der Waals surface area (Å²) in [5, 5.41) is 0. The Morgan fingerprint density at radius 2 is 2.22 bits per heavy atom. The van der Waals surface area contributed by atoms with Crippen molar-refractivity contribution in [2.24, 2.45) is 5.92 Å². The molecule has 0 aromatic rings. The third-order valence-corrected chi connectivity index (χ3v) is 3.09. The molecule has 1 nitrogen and oxygen atoms in total. The quantitative estimate of drug-likeness (QED) is 0.552. The van der Waals surface area contributed by atoms with Gasteiger partial charge < -0.3 is 0 Å². The summed E-state index contributed by atoms with van der Waals surface area (Å²) < 4.78 is 0. The summed E-state index contributed by atoms with van der Waals surface area (Å²) in [4.78, 5) is 2.44.